The number of esters is 2. The third kappa shape index (κ3) is 6.75. The van der Waals surface area contributed by atoms with E-state index in [0.717, 1.165) is 16.0 Å². The topological polar surface area (TPSA) is 111 Å². The van der Waals surface area contributed by atoms with Crippen molar-refractivity contribution in [2.24, 2.45) is 0 Å². The Kier molecular flexibility index (Phi) is 9.88. The van der Waals surface area contributed by atoms with E-state index < -0.39 is 48.2 Å². The van der Waals surface area contributed by atoms with E-state index in [1.165, 1.54) is 6.92 Å². The van der Waals surface area contributed by atoms with Crippen molar-refractivity contribution in [2.75, 3.05) is 6.61 Å². The summed E-state index contributed by atoms with van der Waals surface area (Å²) in [6, 6.07) is 25.8. The van der Waals surface area contributed by atoms with Crippen LogP contribution in [0, 0.1) is 0 Å². The average Bonchev–Trinajstić information content (AvgIpc) is 3.01. The van der Waals surface area contributed by atoms with Crippen LogP contribution in [0.5, 0.6) is 0 Å². The van der Waals surface area contributed by atoms with Gasteiger partial charge in [-0.25, -0.2) is 9.59 Å². The molecule has 218 valence electrons. The summed E-state index contributed by atoms with van der Waals surface area (Å²) in [6.45, 7) is 6.63. The van der Waals surface area contributed by atoms with Crippen molar-refractivity contribution in [3.63, 3.8) is 0 Å². The number of benzene rings is 3. The van der Waals surface area contributed by atoms with Gasteiger partial charge in [-0.15, -0.1) is 0 Å². The normalized spacial score (nSPS) is 16.7. The third-order valence-electron chi connectivity index (χ3n) is 6.67. The fraction of sp³-hybridized carbons (Fsp3) is 0.273. The predicted molar refractivity (Wildman–Crippen MR) is 155 cm³/mol. The molecule has 1 aliphatic rings. The maximum Gasteiger partial charge on any atom is 0.356 e. The molecule has 3 aromatic carbocycles. The molecular formula is C33H34N2O7. The van der Waals surface area contributed by atoms with Gasteiger partial charge in [0.05, 0.1) is 6.61 Å². The summed E-state index contributed by atoms with van der Waals surface area (Å²) < 4.78 is 17.1. The van der Waals surface area contributed by atoms with Gasteiger partial charge in [-0.3, -0.25) is 14.5 Å². The molecule has 0 radical (unpaired) electrons. The van der Waals surface area contributed by atoms with Crippen LogP contribution in [0.15, 0.2) is 102 Å². The summed E-state index contributed by atoms with van der Waals surface area (Å²) in [7, 11) is 0. The monoisotopic (exact) mass is 570 g/mol. The first kappa shape index (κ1) is 30.2. The number of nitrogens with one attached hydrogen (secondary N) is 1. The number of rotatable bonds is 11. The van der Waals surface area contributed by atoms with Gasteiger partial charge in [0.25, 0.3) is 11.8 Å². The third-order valence-corrected chi connectivity index (χ3v) is 6.67. The van der Waals surface area contributed by atoms with Crippen molar-refractivity contribution in [1.29, 1.82) is 0 Å². The molecule has 3 aromatic rings. The SMILES string of the molecule is CCOC(=O)[C@@H](C)O[C@@H]1[C@@H](NC(=O)c2ccccc2)C(=O)N1C(C(=O)OC(c1ccccc1)c1ccccc1)=C(C)C. The molecule has 1 heterocycles. The van der Waals surface area contributed by atoms with Crippen LogP contribution in [-0.2, 0) is 28.6 Å². The Labute approximate surface area is 245 Å². The maximum atomic E-state index is 13.8. The Morgan fingerprint density at radius 3 is 1.88 bits per heavy atom. The number of β-lactam (4-membered cyclic amide) rings is 1. The van der Waals surface area contributed by atoms with E-state index in [1.807, 2.05) is 60.7 Å². The van der Waals surface area contributed by atoms with Crippen LogP contribution in [0.3, 0.4) is 0 Å². The van der Waals surface area contributed by atoms with Crippen molar-refractivity contribution >= 4 is 23.8 Å². The molecule has 9 nitrogen and oxygen atoms in total. The highest BCUT2D eigenvalue weighted by molar-refractivity contribution is 6.03. The zero-order chi connectivity index (χ0) is 30.2. The van der Waals surface area contributed by atoms with Gasteiger partial charge in [0.1, 0.15) is 5.70 Å². The lowest BCUT2D eigenvalue weighted by Gasteiger charge is -2.47. The number of ether oxygens (including phenoxy) is 3. The van der Waals surface area contributed by atoms with Gasteiger partial charge >= 0.3 is 11.9 Å². The predicted octanol–water partition coefficient (Wildman–Crippen LogP) is 4.55. The summed E-state index contributed by atoms with van der Waals surface area (Å²) in [6.07, 6.45) is -3.01. The lowest BCUT2D eigenvalue weighted by Crippen LogP contribution is -2.72. The Morgan fingerprint density at radius 1 is 0.857 bits per heavy atom. The highest BCUT2D eigenvalue weighted by atomic mass is 16.6. The molecule has 0 aromatic heterocycles. The minimum atomic E-state index is -1.17. The highest BCUT2D eigenvalue weighted by Gasteiger charge is 2.54. The number of hydrogen-bond donors (Lipinski definition) is 1. The van der Waals surface area contributed by atoms with Gasteiger partial charge in [-0.05, 0) is 56.5 Å². The number of carbonyl (C=O) groups excluding carboxylic acids is 4. The quantitative estimate of drug-likeness (QED) is 0.205. The molecule has 1 fully saturated rings. The van der Waals surface area contributed by atoms with Crippen LogP contribution in [0.25, 0.3) is 0 Å². The maximum absolute atomic E-state index is 13.8. The van der Waals surface area contributed by atoms with Crippen molar-refractivity contribution in [1.82, 2.24) is 10.2 Å². The summed E-state index contributed by atoms with van der Waals surface area (Å²) in [5.41, 5.74) is 2.28. The molecular weight excluding hydrogens is 536 g/mol. The van der Waals surface area contributed by atoms with Crippen LogP contribution in [0.4, 0.5) is 0 Å². The molecule has 3 atom stereocenters. The average molecular weight is 571 g/mol. The van der Waals surface area contributed by atoms with Gasteiger partial charge in [0, 0.05) is 5.56 Å². The second kappa shape index (κ2) is 13.7. The van der Waals surface area contributed by atoms with Gasteiger partial charge in [0.15, 0.2) is 24.5 Å². The largest absolute Gasteiger partial charge is 0.464 e. The van der Waals surface area contributed by atoms with E-state index in [2.05, 4.69) is 5.32 Å². The van der Waals surface area contributed by atoms with Crippen molar-refractivity contribution in [3.8, 4) is 0 Å². The molecule has 0 saturated carbocycles. The number of amides is 2. The molecule has 4 rings (SSSR count). The zero-order valence-electron chi connectivity index (χ0n) is 24.0. The fourth-order valence-corrected chi connectivity index (χ4v) is 4.60. The van der Waals surface area contributed by atoms with Crippen LogP contribution >= 0.6 is 0 Å². The molecule has 1 saturated heterocycles. The van der Waals surface area contributed by atoms with Gasteiger partial charge in [-0.2, -0.15) is 0 Å². The number of hydrogen-bond acceptors (Lipinski definition) is 7. The molecule has 0 bridgehead atoms. The molecule has 42 heavy (non-hydrogen) atoms. The van der Waals surface area contributed by atoms with Gasteiger partial charge < -0.3 is 19.5 Å². The summed E-state index contributed by atoms with van der Waals surface area (Å²) >= 11 is 0. The van der Waals surface area contributed by atoms with Crippen LogP contribution in [-0.4, -0.2) is 53.6 Å². The van der Waals surface area contributed by atoms with E-state index in [4.69, 9.17) is 14.2 Å². The Balaban J connectivity index is 1.64. The molecule has 9 heteroatoms. The van der Waals surface area contributed by atoms with Crippen molar-refractivity contribution in [3.05, 3.63) is 119 Å². The minimum Gasteiger partial charge on any atom is -0.464 e. The van der Waals surface area contributed by atoms with Crippen LogP contribution in [0.2, 0.25) is 0 Å². The summed E-state index contributed by atoms with van der Waals surface area (Å²) in [4.78, 5) is 53.9. The summed E-state index contributed by atoms with van der Waals surface area (Å²) in [5.74, 6) is -2.48. The van der Waals surface area contributed by atoms with Crippen molar-refractivity contribution < 1.29 is 33.4 Å². The molecule has 0 unspecified atom stereocenters. The Hall–Kier alpha value is -4.76. The van der Waals surface area contributed by atoms with E-state index in [9.17, 15) is 19.2 Å². The molecule has 2 amide bonds. The van der Waals surface area contributed by atoms with Gasteiger partial charge in [-0.1, -0.05) is 78.9 Å². The number of allylic oxidation sites excluding steroid dienone is 1. The second-order valence-corrected chi connectivity index (χ2v) is 9.90. The van der Waals surface area contributed by atoms with E-state index in [1.54, 1.807) is 51.1 Å². The van der Waals surface area contributed by atoms with Crippen LogP contribution in [0.1, 0.15) is 55.3 Å². The fourth-order valence-electron chi connectivity index (χ4n) is 4.60. The number of likely N-dealkylation sites (tertiary alicyclic amines) is 1. The van der Waals surface area contributed by atoms with Crippen molar-refractivity contribution in [2.45, 2.75) is 52.2 Å². The molecule has 1 N–H and O–H groups in total. The molecule has 0 spiro atoms. The summed E-state index contributed by atoms with van der Waals surface area (Å²) in [5, 5.41) is 2.68. The number of nitrogens with zero attached hydrogens (tertiary/aromatic N) is 1. The first-order chi connectivity index (χ1) is 20.2. The van der Waals surface area contributed by atoms with Crippen LogP contribution < -0.4 is 5.32 Å². The van der Waals surface area contributed by atoms with E-state index in [-0.39, 0.29) is 12.3 Å². The molecule has 1 aliphatic heterocycles. The highest BCUT2D eigenvalue weighted by Crippen LogP contribution is 2.33. The van der Waals surface area contributed by atoms with Gasteiger partial charge in [0.2, 0.25) is 0 Å². The van der Waals surface area contributed by atoms with E-state index >= 15 is 0 Å². The second-order valence-electron chi connectivity index (χ2n) is 9.90. The first-order valence-electron chi connectivity index (χ1n) is 13.7. The van der Waals surface area contributed by atoms with E-state index in [0.29, 0.717) is 11.1 Å². The first-order valence-corrected chi connectivity index (χ1v) is 13.7. The Bertz CT molecular complexity index is 1400. The lowest BCUT2D eigenvalue weighted by molar-refractivity contribution is -0.196. The molecule has 0 aliphatic carbocycles. The Morgan fingerprint density at radius 2 is 1.38 bits per heavy atom. The standard InChI is InChI=1S/C33H34N2O7/c1-5-40-32(38)22(4)41-31-26(34-29(36)25-19-13-8-14-20-25)30(37)35(31)27(21(2)3)33(39)42-28(23-15-9-6-10-16-23)24-17-11-7-12-18-24/h6-20,22,26,28,31H,5H2,1-4H3,(H,34,36)/t22-,26+,31-/m1/s1. The zero-order valence-corrected chi connectivity index (χ0v) is 24.0. The minimum absolute atomic E-state index is 0.0388. The lowest BCUT2D eigenvalue weighted by atomic mass is 9.99. The smallest absolute Gasteiger partial charge is 0.356 e. The number of carbonyl (C=O) groups is 4.